The molecule has 0 saturated heterocycles. The average molecular weight is 490 g/mol. The predicted octanol–water partition coefficient (Wildman–Crippen LogP) is 3.36. The van der Waals surface area contributed by atoms with Crippen molar-refractivity contribution in [1.82, 2.24) is 14.2 Å². The van der Waals surface area contributed by atoms with E-state index in [2.05, 4.69) is 4.98 Å². The summed E-state index contributed by atoms with van der Waals surface area (Å²) in [6.07, 6.45) is 3.98. The van der Waals surface area contributed by atoms with Crippen molar-refractivity contribution in [3.8, 4) is 5.75 Å². The predicted molar refractivity (Wildman–Crippen MR) is 129 cm³/mol. The second-order valence-electron chi connectivity index (χ2n) is 8.29. The van der Waals surface area contributed by atoms with E-state index < -0.39 is 21.8 Å². The third-order valence-electron chi connectivity index (χ3n) is 6.23. The summed E-state index contributed by atoms with van der Waals surface area (Å²) in [6.45, 7) is 0.503. The zero-order chi connectivity index (χ0) is 24.6. The van der Waals surface area contributed by atoms with E-state index in [0.29, 0.717) is 18.5 Å². The topological polar surface area (TPSA) is 96.9 Å². The van der Waals surface area contributed by atoms with Crippen LogP contribution < -0.4 is 4.74 Å². The van der Waals surface area contributed by atoms with Crippen molar-refractivity contribution in [2.45, 2.75) is 17.9 Å². The monoisotopic (exact) mass is 489 g/mol. The number of sulfonamides is 1. The van der Waals surface area contributed by atoms with E-state index in [0.717, 1.165) is 16.0 Å². The summed E-state index contributed by atoms with van der Waals surface area (Å²) < 4.78 is 33.9. The normalized spacial score (nSPS) is 16.3. The Morgan fingerprint density at radius 3 is 2.49 bits per heavy atom. The third kappa shape index (κ3) is 4.13. The van der Waals surface area contributed by atoms with Gasteiger partial charge in [-0.2, -0.15) is 4.31 Å². The van der Waals surface area contributed by atoms with Crippen molar-refractivity contribution < 1.29 is 22.7 Å². The standard InChI is InChI=1S/C26H23N3O5S/c1-34-22-10-9-18(17-29-25(30)21-8-5-13-27-24(21)26(29)31)16-23(22)35(32,33)28-14-11-20(12-15-28)19-6-3-2-4-7-19/h2-11,13,16H,12,14-15,17H2,1H3. The molecule has 0 spiro atoms. The maximum atomic E-state index is 13.6. The molecule has 35 heavy (non-hydrogen) atoms. The molecular weight excluding hydrogens is 466 g/mol. The molecule has 0 radical (unpaired) electrons. The maximum absolute atomic E-state index is 13.6. The van der Waals surface area contributed by atoms with Gasteiger partial charge in [0.05, 0.1) is 19.2 Å². The number of benzene rings is 2. The summed E-state index contributed by atoms with van der Waals surface area (Å²) in [7, 11) is -2.47. The van der Waals surface area contributed by atoms with Gasteiger partial charge >= 0.3 is 0 Å². The van der Waals surface area contributed by atoms with Crippen LogP contribution in [0, 0.1) is 0 Å². The number of pyridine rings is 1. The number of hydrogen-bond acceptors (Lipinski definition) is 6. The van der Waals surface area contributed by atoms with Crippen LogP contribution in [0.4, 0.5) is 0 Å². The van der Waals surface area contributed by atoms with E-state index in [9.17, 15) is 18.0 Å². The van der Waals surface area contributed by atoms with Crippen LogP contribution in [0.15, 0.2) is 77.8 Å². The number of amides is 2. The van der Waals surface area contributed by atoms with Crippen LogP contribution in [0.3, 0.4) is 0 Å². The molecule has 2 amide bonds. The number of fused-ring (bicyclic) bond motifs is 1. The van der Waals surface area contributed by atoms with Gasteiger partial charge in [-0.3, -0.25) is 19.5 Å². The lowest BCUT2D eigenvalue weighted by molar-refractivity contribution is 0.0640. The number of aromatic nitrogens is 1. The number of ether oxygens (including phenoxy) is 1. The smallest absolute Gasteiger partial charge is 0.280 e. The molecule has 3 heterocycles. The number of carbonyl (C=O) groups is 2. The van der Waals surface area contributed by atoms with Crippen LogP contribution in [0.25, 0.3) is 5.57 Å². The lowest BCUT2D eigenvalue weighted by Gasteiger charge is -2.27. The van der Waals surface area contributed by atoms with Gasteiger partial charge in [-0.15, -0.1) is 0 Å². The first-order valence-corrected chi connectivity index (χ1v) is 12.6. The Hall–Kier alpha value is -3.82. The van der Waals surface area contributed by atoms with E-state index >= 15 is 0 Å². The molecule has 0 fully saturated rings. The van der Waals surface area contributed by atoms with E-state index in [-0.39, 0.29) is 35.0 Å². The Bertz CT molecular complexity index is 1420. The van der Waals surface area contributed by atoms with E-state index in [1.165, 1.54) is 23.7 Å². The minimum absolute atomic E-state index is 0.00351. The number of methoxy groups -OCH3 is 1. The lowest BCUT2D eigenvalue weighted by Crippen LogP contribution is -2.35. The van der Waals surface area contributed by atoms with Crippen molar-refractivity contribution in [1.29, 1.82) is 0 Å². The number of carbonyl (C=O) groups excluding carboxylic acids is 2. The summed E-state index contributed by atoms with van der Waals surface area (Å²) in [6, 6.07) is 17.7. The molecule has 0 N–H and O–H groups in total. The molecule has 2 aromatic carbocycles. The molecule has 2 aliphatic rings. The highest BCUT2D eigenvalue weighted by Gasteiger charge is 2.37. The van der Waals surface area contributed by atoms with Crippen molar-refractivity contribution in [3.05, 3.63) is 95.3 Å². The van der Waals surface area contributed by atoms with Crippen LogP contribution in [-0.2, 0) is 16.6 Å². The lowest BCUT2D eigenvalue weighted by atomic mass is 10.0. The van der Waals surface area contributed by atoms with Crippen LogP contribution in [0.1, 0.15) is 38.4 Å². The Balaban J connectivity index is 1.41. The van der Waals surface area contributed by atoms with Crippen molar-refractivity contribution >= 4 is 27.4 Å². The Kier molecular flexibility index (Phi) is 5.96. The number of hydrogen-bond donors (Lipinski definition) is 0. The molecule has 5 rings (SSSR count). The summed E-state index contributed by atoms with van der Waals surface area (Å²) in [5.41, 5.74) is 3.04. The van der Waals surface area contributed by atoms with Crippen molar-refractivity contribution in [2.24, 2.45) is 0 Å². The van der Waals surface area contributed by atoms with Gasteiger partial charge in [-0.05, 0) is 47.4 Å². The third-order valence-corrected chi connectivity index (χ3v) is 8.12. The quantitative estimate of drug-likeness (QED) is 0.493. The molecule has 178 valence electrons. The zero-order valence-electron chi connectivity index (χ0n) is 19.0. The molecule has 3 aromatic rings. The number of imide groups is 1. The SMILES string of the molecule is COc1ccc(CN2C(=O)c3cccnc3C2=O)cc1S(=O)(=O)N1CC=C(c2ccccc2)CC1. The van der Waals surface area contributed by atoms with Gasteiger partial charge in [0.15, 0.2) is 0 Å². The highest BCUT2D eigenvalue weighted by Crippen LogP contribution is 2.32. The average Bonchev–Trinajstić information content (AvgIpc) is 3.14. The van der Waals surface area contributed by atoms with Gasteiger partial charge in [0.2, 0.25) is 10.0 Å². The van der Waals surface area contributed by atoms with Gasteiger partial charge in [-0.1, -0.05) is 42.5 Å². The van der Waals surface area contributed by atoms with E-state index in [1.807, 2.05) is 36.4 Å². The first-order valence-electron chi connectivity index (χ1n) is 11.1. The van der Waals surface area contributed by atoms with Gasteiger partial charge < -0.3 is 4.74 Å². The van der Waals surface area contributed by atoms with Gasteiger partial charge in [-0.25, -0.2) is 8.42 Å². The Morgan fingerprint density at radius 1 is 1.00 bits per heavy atom. The minimum Gasteiger partial charge on any atom is -0.495 e. The van der Waals surface area contributed by atoms with Crippen molar-refractivity contribution in [3.63, 3.8) is 0 Å². The van der Waals surface area contributed by atoms with Crippen LogP contribution in [-0.4, -0.2) is 54.6 Å². The molecular formula is C26H23N3O5S. The largest absolute Gasteiger partial charge is 0.495 e. The van der Waals surface area contributed by atoms with Crippen LogP contribution in [0.2, 0.25) is 0 Å². The first kappa shape index (κ1) is 22.9. The highest BCUT2D eigenvalue weighted by atomic mass is 32.2. The fraction of sp³-hybridized carbons (Fsp3) is 0.192. The molecule has 2 aliphatic heterocycles. The molecule has 8 nitrogen and oxygen atoms in total. The second-order valence-corrected chi connectivity index (χ2v) is 10.2. The summed E-state index contributed by atoms with van der Waals surface area (Å²) >= 11 is 0. The second kappa shape index (κ2) is 9.09. The number of rotatable bonds is 6. The van der Waals surface area contributed by atoms with Crippen molar-refractivity contribution in [2.75, 3.05) is 20.2 Å². The van der Waals surface area contributed by atoms with E-state index in [1.54, 1.807) is 24.3 Å². The van der Waals surface area contributed by atoms with Gasteiger partial charge in [0.25, 0.3) is 11.8 Å². The highest BCUT2D eigenvalue weighted by molar-refractivity contribution is 7.89. The summed E-state index contributed by atoms with van der Waals surface area (Å²) in [5.74, 6) is -0.746. The molecule has 0 unspecified atom stereocenters. The fourth-order valence-electron chi connectivity index (χ4n) is 4.38. The first-order chi connectivity index (χ1) is 16.9. The molecule has 0 bridgehead atoms. The molecule has 0 aliphatic carbocycles. The molecule has 0 saturated carbocycles. The van der Waals surface area contributed by atoms with Crippen LogP contribution >= 0.6 is 0 Å². The number of nitrogens with zero attached hydrogens (tertiary/aromatic N) is 3. The van der Waals surface area contributed by atoms with Gasteiger partial charge in [0, 0.05) is 19.3 Å². The zero-order valence-corrected chi connectivity index (χ0v) is 19.9. The molecule has 0 atom stereocenters. The maximum Gasteiger partial charge on any atom is 0.280 e. The van der Waals surface area contributed by atoms with Crippen LogP contribution in [0.5, 0.6) is 5.75 Å². The fourth-order valence-corrected chi connectivity index (χ4v) is 5.97. The van der Waals surface area contributed by atoms with Gasteiger partial charge in [0.1, 0.15) is 16.3 Å². The Morgan fingerprint density at radius 2 is 1.80 bits per heavy atom. The minimum atomic E-state index is -3.88. The summed E-state index contributed by atoms with van der Waals surface area (Å²) in [5, 5.41) is 0. The Labute approximate surface area is 203 Å². The molecule has 1 aromatic heterocycles. The van der Waals surface area contributed by atoms with E-state index in [4.69, 9.17) is 4.74 Å². The molecule has 9 heteroatoms. The summed E-state index contributed by atoms with van der Waals surface area (Å²) in [4.78, 5) is 30.5.